The molecule has 3 aromatic rings. The quantitative estimate of drug-likeness (QED) is 0.792. The summed E-state index contributed by atoms with van der Waals surface area (Å²) in [4.78, 5) is 4.61. The SMILES string of the molecule is Cc1nc2cc(-c3ccco3)nn2c(NC2CC2)c1C. The molecule has 0 spiro atoms. The average molecular weight is 268 g/mol. The van der Waals surface area contributed by atoms with Gasteiger partial charge in [0.05, 0.1) is 6.26 Å². The molecular formula is C15H16N4O. The summed E-state index contributed by atoms with van der Waals surface area (Å²) < 4.78 is 7.31. The zero-order valence-electron chi connectivity index (χ0n) is 11.6. The first-order valence-electron chi connectivity index (χ1n) is 6.90. The van der Waals surface area contributed by atoms with E-state index in [9.17, 15) is 0 Å². The molecule has 4 rings (SSSR count). The minimum Gasteiger partial charge on any atom is -0.463 e. The number of hydrogen-bond donors (Lipinski definition) is 1. The molecule has 0 unspecified atom stereocenters. The van der Waals surface area contributed by atoms with Gasteiger partial charge in [-0.05, 0) is 38.8 Å². The summed E-state index contributed by atoms with van der Waals surface area (Å²) >= 11 is 0. The molecule has 0 aromatic carbocycles. The third-order valence-corrected chi connectivity index (χ3v) is 3.77. The van der Waals surface area contributed by atoms with Crippen molar-refractivity contribution in [2.75, 3.05) is 5.32 Å². The predicted molar refractivity (Wildman–Crippen MR) is 76.8 cm³/mol. The van der Waals surface area contributed by atoms with Crippen molar-refractivity contribution in [2.45, 2.75) is 32.7 Å². The molecule has 3 aromatic heterocycles. The van der Waals surface area contributed by atoms with E-state index < -0.39 is 0 Å². The summed E-state index contributed by atoms with van der Waals surface area (Å²) in [6.45, 7) is 4.12. The predicted octanol–water partition coefficient (Wildman–Crippen LogP) is 3.18. The highest BCUT2D eigenvalue weighted by Crippen LogP contribution is 2.29. The summed E-state index contributed by atoms with van der Waals surface area (Å²) in [5.74, 6) is 1.82. The molecule has 0 amide bonds. The highest BCUT2D eigenvalue weighted by molar-refractivity contribution is 5.63. The highest BCUT2D eigenvalue weighted by Gasteiger charge is 2.24. The molecule has 20 heavy (non-hydrogen) atoms. The molecule has 0 radical (unpaired) electrons. The van der Waals surface area contributed by atoms with Crippen molar-refractivity contribution in [3.05, 3.63) is 35.7 Å². The molecule has 102 valence electrons. The van der Waals surface area contributed by atoms with E-state index in [1.165, 1.54) is 12.8 Å². The van der Waals surface area contributed by atoms with Crippen LogP contribution in [-0.2, 0) is 0 Å². The second-order valence-corrected chi connectivity index (χ2v) is 5.37. The van der Waals surface area contributed by atoms with Crippen LogP contribution in [0, 0.1) is 13.8 Å². The van der Waals surface area contributed by atoms with Gasteiger partial charge < -0.3 is 9.73 Å². The third-order valence-electron chi connectivity index (χ3n) is 3.77. The van der Waals surface area contributed by atoms with Crippen LogP contribution in [0.5, 0.6) is 0 Å². The van der Waals surface area contributed by atoms with Gasteiger partial charge in [-0.25, -0.2) is 4.98 Å². The lowest BCUT2D eigenvalue weighted by molar-refractivity contribution is 0.579. The van der Waals surface area contributed by atoms with Gasteiger partial charge in [0.2, 0.25) is 0 Å². The number of nitrogens with zero attached hydrogens (tertiary/aromatic N) is 3. The minimum atomic E-state index is 0.579. The lowest BCUT2D eigenvalue weighted by atomic mass is 10.2. The van der Waals surface area contributed by atoms with Gasteiger partial charge in [0.25, 0.3) is 0 Å². The lowest BCUT2D eigenvalue weighted by Crippen LogP contribution is -2.11. The van der Waals surface area contributed by atoms with Gasteiger partial charge in [-0.2, -0.15) is 9.61 Å². The van der Waals surface area contributed by atoms with E-state index in [0.29, 0.717) is 6.04 Å². The van der Waals surface area contributed by atoms with Crippen molar-refractivity contribution in [2.24, 2.45) is 0 Å². The second kappa shape index (κ2) is 4.10. The zero-order chi connectivity index (χ0) is 13.7. The van der Waals surface area contributed by atoms with Gasteiger partial charge >= 0.3 is 0 Å². The van der Waals surface area contributed by atoms with Gasteiger partial charge in [-0.15, -0.1) is 0 Å². The van der Waals surface area contributed by atoms with Crippen molar-refractivity contribution in [3.8, 4) is 11.5 Å². The van der Waals surface area contributed by atoms with E-state index in [4.69, 9.17) is 4.42 Å². The molecule has 0 bridgehead atoms. The van der Waals surface area contributed by atoms with Crippen molar-refractivity contribution in [3.63, 3.8) is 0 Å². The Labute approximate surface area is 116 Å². The molecular weight excluding hydrogens is 252 g/mol. The van der Waals surface area contributed by atoms with Crippen molar-refractivity contribution >= 4 is 11.5 Å². The van der Waals surface area contributed by atoms with Crippen LogP contribution in [0.4, 0.5) is 5.82 Å². The Balaban J connectivity index is 1.91. The fourth-order valence-corrected chi connectivity index (χ4v) is 2.34. The first-order valence-corrected chi connectivity index (χ1v) is 6.90. The van der Waals surface area contributed by atoms with Gasteiger partial charge in [-0.3, -0.25) is 0 Å². The van der Waals surface area contributed by atoms with E-state index >= 15 is 0 Å². The van der Waals surface area contributed by atoms with Gasteiger partial charge in [0.15, 0.2) is 11.4 Å². The van der Waals surface area contributed by atoms with Gasteiger partial charge in [0, 0.05) is 23.4 Å². The van der Waals surface area contributed by atoms with Crippen molar-refractivity contribution < 1.29 is 4.42 Å². The Bertz CT molecular complexity index is 769. The van der Waals surface area contributed by atoms with E-state index in [2.05, 4.69) is 22.3 Å². The molecule has 1 aliphatic rings. The summed E-state index contributed by atoms with van der Waals surface area (Å²) in [7, 11) is 0. The number of fused-ring (bicyclic) bond motifs is 1. The maximum Gasteiger partial charge on any atom is 0.158 e. The molecule has 5 heteroatoms. The Morgan fingerprint density at radius 2 is 2.20 bits per heavy atom. The number of anilines is 1. The fourth-order valence-electron chi connectivity index (χ4n) is 2.34. The van der Waals surface area contributed by atoms with Crippen LogP contribution in [0.2, 0.25) is 0 Å². The highest BCUT2D eigenvalue weighted by atomic mass is 16.3. The molecule has 1 saturated carbocycles. The Hall–Kier alpha value is -2.30. The second-order valence-electron chi connectivity index (χ2n) is 5.37. The minimum absolute atomic E-state index is 0.579. The van der Waals surface area contributed by atoms with E-state index in [1.54, 1.807) is 6.26 Å². The number of hydrogen-bond acceptors (Lipinski definition) is 4. The number of furan rings is 1. The summed E-state index contributed by atoms with van der Waals surface area (Å²) in [6.07, 6.45) is 4.12. The van der Waals surface area contributed by atoms with Gasteiger partial charge in [0.1, 0.15) is 11.5 Å². The molecule has 1 fully saturated rings. The molecule has 1 aliphatic carbocycles. The topological polar surface area (TPSA) is 55.4 Å². The molecule has 0 atom stereocenters. The first kappa shape index (κ1) is 11.5. The monoisotopic (exact) mass is 268 g/mol. The third kappa shape index (κ3) is 1.78. The van der Waals surface area contributed by atoms with Crippen LogP contribution in [0.3, 0.4) is 0 Å². The number of aromatic nitrogens is 3. The summed E-state index contributed by atoms with van der Waals surface area (Å²) in [6, 6.07) is 6.32. The summed E-state index contributed by atoms with van der Waals surface area (Å²) in [5.41, 5.74) is 3.85. The van der Waals surface area contributed by atoms with Crippen molar-refractivity contribution in [1.29, 1.82) is 0 Å². The van der Waals surface area contributed by atoms with Crippen LogP contribution in [0.15, 0.2) is 28.9 Å². The summed E-state index contributed by atoms with van der Waals surface area (Å²) in [5, 5.41) is 8.19. The molecule has 1 N–H and O–H groups in total. The fraction of sp³-hybridized carbons (Fsp3) is 0.333. The maximum atomic E-state index is 5.42. The lowest BCUT2D eigenvalue weighted by Gasteiger charge is -2.12. The smallest absolute Gasteiger partial charge is 0.158 e. The number of nitrogens with one attached hydrogen (secondary N) is 1. The molecule has 5 nitrogen and oxygen atoms in total. The largest absolute Gasteiger partial charge is 0.463 e. The van der Waals surface area contributed by atoms with E-state index in [-0.39, 0.29) is 0 Å². The van der Waals surface area contributed by atoms with E-state index in [1.807, 2.05) is 29.6 Å². The normalized spacial score (nSPS) is 14.9. The van der Waals surface area contributed by atoms with Crippen LogP contribution >= 0.6 is 0 Å². The standard InChI is InChI=1S/C15H16N4O/c1-9-10(2)16-14-8-12(13-4-3-7-20-13)18-19(14)15(9)17-11-5-6-11/h3-4,7-8,11,17H,5-6H2,1-2H3. The number of rotatable bonds is 3. The molecule has 0 aliphatic heterocycles. The molecule has 3 heterocycles. The Kier molecular flexibility index (Phi) is 2.36. The average Bonchev–Trinajstić information content (AvgIpc) is 2.92. The number of aryl methyl sites for hydroxylation is 1. The first-order chi connectivity index (χ1) is 9.72. The van der Waals surface area contributed by atoms with Crippen molar-refractivity contribution in [1.82, 2.24) is 14.6 Å². The van der Waals surface area contributed by atoms with E-state index in [0.717, 1.165) is 34.2 Å². The maximum absolute atomic E-state index is 5.42. The zero-order valence-corrected chi connectivity index (χ0v) is 11.6. The molecule has 0 saturated heterocycles. The van der Waals surface area contributed by atoms with Crippen LogP contribution in [-0.4, -0.2) is 20.6 Å². The van der Waals surface area contributed by atoms with Crippen LogP contribution in [0.1, 0.15) is 24.1 Å². The van der Waals surface area contributed by atoms with Crippen LogP contribution in [0.25, 0.3) is 17.1 Å². The Morgan fingerprint density at radius 3 is 2.90 bits per heavy atom. The van der Waals surface area contributed by atoms with Crippen LogP contribution < -0.4 is 5.32 Å². The Morgan fingerprint density at radius 1 is 1.35 bits per heavy atom. The van der Waals surface area contributed by atoms with Gasteiger partial charge in [-0.1, -0.05) is 0 Å².